The van der Waals surface area contributed by atoms with E-state index in [2.05, 4.69) is 22.5 Å². The lowest BCUT2D eigenvalue weighted by Crippen LogP contribution is -2.44. The average molecular weight is 341 g/mol. The van der Waals surface area contributed by atoms with Crippen LogP contribution < -0.4 is 10.6 Å². The second kappa shape index (κ2) is 7.71. The highest BCUT2D eigenvalue weighted by Gasteiger charge is 2.30. The van der Waals surface area contributed by atoms with Gasteiger partial charge in [0.05, 0.1) is 11.7 Å². The van der Waals surface area contributed by atoms with Gasteiger partial charge in [-0.15, -0.1) is 0 Å². The normalized spacial score (nSPS) is 21.2. The summed E-state index contributed by atoms with van der Waals surface area (Å²) in [4.78, 5) is 16.9. The Morgan fingerprint density at radius 3 is 2.71 bits per heavy atom. The standard InChI is InChI=1S/C19H23N3OS/c1-19(11-7-13-24-19)14-21-18(23)22-17(15-8-3-2-4-9-15)16-10-5-6-12-20-16/h2-6,8-10,12,17H,7,11,13-14H2,1H3,(H2,21,22,23)/t17-,19-/m0/s1. The predicted octanol–water partition coefficient (Wildman–Crippen LogP) is 3.76. The first-order chi connectivity index (χ1) is 11.7. The van der Waals surface area contributed by atoms with E-state index in [0.29, 0.717) is 6.54 Å². The maximum atomic E-state index is 12.4. The smallest absolute Gasteiger partial charge is 0.315 e. The Bertz CT molecular complexity index is 617. The number of amides is 2. The Hall–Kier alpha value is -2.01. The van der Waals surface area contributed by atoms with E-state index < -0.39 is 0 Å². The quantitative estimate of drug-likeness (QED) is 0.871. The minimum atomic E-state index is -0.253. The zero-order valence-electron chi connectivity index (χ0n) is 13.9. The highest BCUT2D eigenvalue weighted by molar-refractivity contribution is 8.00. The molecule has 5 heteroatoms. The van der Waals surface area contributed by atoms with Crippen molar-refractivity contribution in [2.75, 3.05) is 12.3 Å². The summed E-state index contributed by atoms with van der Waals surface area (Å²) >= 11 is 1.94. The van der Waals surface area contributed by atoms with Crippen LogP contribution >= 0.6 is 11.8 Å². The van der Waals surface area contributed by atoms with E-state index in [9.17, 15) is 4.79 Å². The largest absolute Gasteiger partial charge is 0.337 e. The summed E-state index contributed by atoms with van der Waals surface area (Å²) < 4.78 is 0.157. The van der Waals surface area contributed by atoms with Crippen LogP contribution in [0.2, 0.25) is 0 Å². The summed E-state index contributed by atoms with van der Waals surface area (Å²) in [6.07, 6.45) is 4.13. The maximum absolute atomic E-state index is 12.4. The maximum Gasteiger partial charge on any atom is 0.315 e. The lowest BCUT2D eigenvalue weighted by atomic mass is 10.0. The van der Waals surface area contributed by atoms with Gasteiger partial charge in [0.15, 0.2) is 0 Å². The number of nitrogens with zero attached hydrogens (tertiary/aromatic N) is 1. The molecule has 24 heavy (non-hydrogen) atoms. The summed E-state index contributed by atoms with van der Waals surface area (Å²) in [6.45, 7) is 2.91. The second-order valence-corrected chi connectivity index (χ2v) is 8.01. The molecule has 0 aliphatic carbocycles. The molecule has 0 unspecified atom stereocenters. The number of hydrogen-bond acceptors (Lipinski definition) is 3. The van der Waals surface area contributed by atoms with E-state index >= 15 is 0 Å². The summed E-state index contributed by atoms with van der Waals surface area (Å²) in [5.74, 6) is 1.18. The molecule has 2 heterocycles. The molecule has 1 aromatic carbocycles. The Morgan fingerprint density at radius 2 is 2.04 bits per heavy atom. The molecule has 2 atom stereocenters. The monoisotopic (exact) mass is 341 g/mol. The lowest BCUT2D eigenvalue weighted by Gasteiger charge is -2.24. The molecule has 1 fully saturated rings. The first-order valence-corrected chi connectivity index (χ1v) is 9.29. The molecular formula is C19H23N3OS. The highest BCUT2D eigenvalue weighted by Crippen LogP contribution is 2.36. The van der Waals surface area contributed by atoms with E-state index in [1.165, 1.54) is 12.2 Å². The molecule has 2 aromatic rings. The second-order valence-electron chi connectivity index (χ2n) is 6.33. The lowest BCUT2D eigenvalue weighted by molar-refractivity contribution is 0.237. The van der Waals surface area contributed by atoms with Crippen molar-refractivity contribution < 1.29 is 4.79 Å². The first kappa shape index (κ1) is 16.8. The Labute approximate surface area is 147 Å². The number of rotatable bonds is 5. The van der Waals surface area contributed by atoms with Crippen molar-refractivity contribution in [3.05, 3.63) is 66.0 Å². The molecule has 0 saturated carbocycles. The van der Waals surface area contributed by atoms with Gasteiger partial charge in [-0.3, -0.25) is 4.98 Å². The number of pyridine rings is 1. The van der Waals surface area contributed by atoms with E-state index in [1.54, 1.807) is 6.20 Å². The van der Waals surface area contributed by atoms with Crippen LogP contribution in [0.5, 0.6) is 0 Å². The zero-order valence-corrected chi connectivity index (χ0v) is 14.7. The van der Waals surface area contributed by atoms with Crippen LogP contribution in [-0.4, -0.2) is 28.1 Å². The topological polar surface area (TPSA) is 54.0 Å². The average Bonchev–Trinajstić information content (AvgIpc) is 3.06. The zero-order chi connectivity index (χ0) is 16.8. The Balaban J connectivity index is 1.69. The van der Waals surface area contributed by atoms with Gasteiger partial charge in [0.2, 0.25) is 0 Å². The van der Waals surface area contributed by atoms with E-state index in [4.69, 9.17) is 0 Å². The molecule has 0 radical (unpaired) electrons. The molecule has 1 aliphatic heterocycles. The van der Waals surface area contributed by atoms with Crippen molar-refractivity contribution in [3.63, 3.8) is 0 Å². The van der Waals surface area contributed by atoms with Gasteiger partial charge < -0.3 is 10.6 Å². The molecule has 126 valence electrons. The minimum Gasteiger partial charge on any atom is -0.337 e. The number of carbonyl (C=O) groups is 1. The van der Waals surface area contributed by atoms with Crippen LogP contribution in [0.1, 0.15) is 37.1 Å². The van der Waals surface area contributed by atoms with E-state index in [-0.39, 0.29) is 16.8 Å². The Kier molecular flexibility index (Phi) is 5.41. The molecule has 2 N–H and O–H groups in total. The van der Waals surface area contributed by atoms with Crippen molar-refractivity contribution >= 4 is 17.8 Å². The SMILES string of the molecule is C[C@@]1(CNC(=O)N[C@@H](c2ccccc2)c2ccccn2)CCCS1. The van der Waals surface area contributed by atoms with Gasteiger partial charge >= 0.3 is 6.03 Å². The van der Waals surface area contributed by atoms with Crippen molar-refractivity contribution in [2.24, 2.45) is 0 Å². The molecule has 1 saturated heterocycles. The fourth-order valence-corrected chi connectivity index (χ4v) is 4.19. The molecule has 3 rings (SSSR count). The van der Waals surface area contributed by atoms with Crippen molar-refractivity contribution in [2.45, 2.75) is 30.6 Å². The third-order valence-corrected chi connectivity index (χ3v) is 5.85. The van der Waals surface area contributed by atoms with Gasteiger partial charge in [0.25, 0.3) is 0 Å². The third-order valence-electron chi connectivity index (χ3n) is 4.32. The summed E-state index contributed by atoms with van der Waals surface area (Å²) in [5, 5.41) is 6.11. The van der Waals surface area contributed by atoms with Crippen LogP contribution in [0.25, 0.3) is 0 Å². The van der Waals surface area contributed by atoms with Crippen LogP contribution in [0.15, 0.2) is 54.7 Å². The first-order valence-electron chi connectivity index (χ1n) is 8.30. The molecule has 0 spiro atoms. The van der Waals surface area contributed by atoms with Crippen LogP contribution in [0.4, 0.5) is 4.79 Å². The number of carbonyl (C=O) groups excluding carboxylic acids is 1. The van der Waals surface area contributed by atoms with Crippen LogP contribution in [0.3, 0.4) is 0 Å². The number of aromatic nitrogens is 1. The fourth-order valence-electron chi connectivity index (χ4n) is 2.95. The minimum absolute atomic E-state index is 0.150. The fraction of sp³-hybridized carbons (Fsp3) is 0.368. The van der Waals surface area contributed by atoms with Gasteiger partial charge in [-0.05, 0) is 43.2 Å². The number of hydrogen-bond donors (Lipinski definition) is 2. The molecule has 2 amide bonds. The summed E-state index contributed by atoms with van der Waals surface area (Å²) in [5.41, 5.74) is 1.85. The third kappa shape index (κ3) is 4.29. The van der Waals surface area contributed by atoms with Gasteiger partial charge in [-0.25, -0.2) is 4.79 Å². The highest BCUT2D eigenvalue weighted by atomic mass is 32.2. The van der Waals surface area contributed by atoms with Crippen molar-refractivity contribution in [1.82, 2.24) is 15.6 Å². The van der Waals surface area contributed by atoms with Gasteiger partial charge in [0, 0.05) is 17.5 Å². The van der Waals surface area contributed by atoms with Gasteiger partial charge in [-0.1, -0.05) is 36.4 Å². The molecule has 4 nitrogen and oxygen atoms in total. The number of nitrogens with one attached hydrogen (secondary N) is 2. The Morgan fingerprint density at radius 1 is 1.25 bits per heavy atom. The van der Waals surface area contributed by atoms with Crippen LogP contribution in [-0.2, 0) is 0 Å². The van der Waals surface area contributed by atoms with Gasteiger partial charge in [0.1, 0.15) is 0 Å². The van der Waals surface area contributed by atoms with Crippen molar-refractivity contribution in [3.8, 4) is 0 Å². The van der Waals surface area contributed by atoms with Gasteiger partial charge in [-0.2, -0.15) is 11.8 Å². The van der Waals surface area contributed by atoms with Crippen LogP contribution in [0, 0.1) is 0 Å². The predicted molar refractivity (Wildman–Crippen MR) is 99.2 cm³/mol. The molecular weight excluding hydrogens is 318 g/mol. The number of urea groups is 1. The molecule has 1 aliphatic rings. The number of benzene rings is 1. The van der Waals surface area contributed by atoms with E-state index in [0.717, 1.165) is 17.7 Å². The number of thioether (sulfide) groups is 1. The van der Waals surface area contributed by atoms with E-state index in [1.807, 2.05) is 60.3 Å². The summed E-state index contributed by atoms with van der Waals surface area (Å²) in [6, 6.07) is 15.3. The molecule has 0 bridgehead atoms. The summed E-state index contributed by atoms with van der Waals surface area (Å²) in [7, 11) is 0. The molecule has 1 aromatic heterocycles. The van der Waals surface area contributed by atoms with Crippen molar-refractivity contribution in [1.29, 1.82) is 0 Å².